The topological polar surface area (TPSA) is 46.2 Å². The van der Waals surface area contributed by atoms with Crippen molar-refractivity contribution >= 4 is 11.6 Å². The summed E-state index contributed by atoms with van der Waals surface area (Å²) in [5, 5.41) is 3.75. The van der Waals surface area contributed by atoms with E-state index in [-0.39, 0.29) is 0 Å². The van der Waals surface area contributed by atoms with Gasteiger partial charge in [-0.15, -0.1) is 0 Å². The van der Waals surface area contributed by atoms with Crippen molar-refractivity contribution in [2.45, 2.75) is 77.3 Å². The van der Waals surface area contributed by atoms with Crippen LogP contribution in [0.15, 0.2) is 0 Å². The maximum absolute atomic E-state index is 11.3. The molecule has 0 bridgehead atoms. The van der Waals surface area contributed by atoms with Crippen molar-refractivity contribution in [2.75, 3.05) is 0 Å². The molecule has 2 rings (SSSR count). The molecule has 19 heavy (non-hydrogen) atoms. The molecule has 0 unspecified atom stereocenters. The molecular weight excluding hydrogens is 238 g/mol. The lowest BCUT2D eigenvalue weighted by Crippen LogP contribution is -2.43. The molecule has 2 fully saturated rings. The zero-order valence-corrected chi connectivity index (χ0v) is 12.3. The molecule has 0 aromatic rings. The number of nitrogens with one attached hydrogen (secondary N) is 1. The Bertz CT molecular complexity index is 292. The van der Waals surface area contributed by atoms with Gasteiger partial charge in [0.1, 0.15) is 11.6 Å². The highest BCUT2D eigenvalue weighted by Crippen LogP contribution is 2.29. The predicted molar refractivity (Wildman–Crippen MR) is 76.0 cm³/mol. The lowest BCUT2D eigenvalue weighted by atomic mass is 9.81. The van der Waals surface area contributed by atoms with Gasteiger partial charge in [-0.05, 0) is 65.2 Å². The van der Waals surface area contributed by atoms with Crippen LogP contribution < -0.4 is 5.32 Å². The van der Waals surface area contributed by atoms with Gasteiger partial charge in [0, 0.05) is 23.9 Å². The molecule has 0 heterocycles. The molecule has 3 heteroatoms. The maximum Gasteiger partial charge on any atom is 0.132 e. The van der Waals surface area contributed by atoms with E-state index >= 15 is 0 Å². The van der Waals surface area contributed by atoms with Gasteiger partial charge in [0.25, 0.3) is 0 Å². The highest BCUT2D eigenvalue weighted by Gasteiger charge is 2.28. The van der Waals surface area contributed by atoms with Crippen LogP contribution in [0.25, 0.3) is 0 Å². The third-order valence-corrected chi connectivity index (χ3v) is 5.08. The van der Waals surface area contributed by atoms with E-state index in [1.165, 1.54) is 0 Å². The normalized spacial score (nSPS) is 35.9. The number of hydrogen-bond donors (Lipinski definition) is 1. The minimum absolute atomic E-state index is 0.312. The first-order valence-electron chi connectivity index (χ1n) is 7.83. The van der Waals surface area contributed by atoms with Crippen molar-refractivity contribution in [3.05, 3.63) is 0 Å². The first-order chi connectivity index (χ1) is 9.06. The Morgan fingerprint density at radius 3 is 1.26 bits per heavy atom. The van der Waals surface area contributed by atoms with Crippen LogP contribution in [0.2, 0.25) is 0 Å². The molecule has 0 aromatic carbocycles. The summed E-state index contributed by atoms with van der Waals surface area (Å²) in [4.78, 5) is 22.7. The Morgan fingerprint density at radius 2 is 1.00 bits per heavy atom. The van der Waals surface area contributed by atoms with Gasteiger partial charge in [0.05, 0.1) is 0 Å². The van der Waals surface area contributed by atoms with Gasteiger partial charge in [-0.2, -0.15) is 0 Å². The maximum atomic E-state index is 11.3. The smallest absolute Gasteiger partial charge is 0.132 e. The number of rotatable bonds is 4. The Kier molecular flexibility index (Phi) is 5.14. The van der Waals surface area contributed by atoms with Gasteiger partial charge in [-0.1, -0.05) is 0 Å². The molecule has 0 amide bonds. The second-order valence-electron chi connectivity index (χ2n) is 6.49. The summed E-state index contributed by atoms with van der Waals surface area (Å²) in [5.41, 5.74) is 0. The summed E-state index contributed by atoms with van der Waals surface area (Å²) in [6.45, 7) is 3.45. The Hall–Kier alpha value is -0.700. The van der Waals surface area contributed by atoms with Gasteiger partial charge in [-0.3, -0.25) is 9.59 Å². The van der Waals surface area contributed by atoms with Gasteiger partial charge in [0.2, 0.25) is 0 Å². The number of Topliss-reactive ketones (excluding diaryl/α,β-unsaturated/α-hetero) is 2. The molecule has 0 spiro atoms. The van der Waals surface area contributed by atoms with E-state index in [1.54, 1.807) is 13.8 Å². The highest BCUT2D eigenvalue weighted by molar-refractivity contribution is 5.78. The molecule has 3 nitrogen and oxygen atoms in total. The zero-order chi connectivity index (χ0) is 13.8. The lowest BCUT2D eigenvalue weighted by molar-refractivity contribution is -0.122. The van der Waals surface area contributed by atoms with E-state index in [0.29, 0.717) is 35.5 Å². The Labute approximate surface area is 116 Å². The van der Waals surface area contributed by atoms with Crippen LogP contribution in [0.1, 0.15) is 65.2 Å². The molecule has 2 aliphatic carbocycles. The van der Waals surface area contributed by atoms with Crippen LogP contribution in [-0.2, 0) is 9.59 Å². The molecule has 1 N–H and O–H groups in total. The van der Waals surface area contributed by atoms with Crippen LogP contribution >= 0.6 is 0 Å². The van der Waals surface area contributed by atoms with Gasteiger partial charge >= 0.3 is 0 Å². The fourth-order valence-corrected chi connectivity index (χ4v) is 3.67. The van der Waals surface area contributed by atoms with Crippen molar-refractivity contribution in [1.29, 1.82) is 0 Å². The fraction of sp³-hybridized carbons (Fsp3) is 0.875. The van der Waals surface area contributed by atoms with Crippen molar-refractivity contribution < 1.29 is 9.59 Å². The second-order valence-corrected chi connectivity index (χ2v) is 6.49. The molecule has 108 valence electrons. The molecule has 0 radical (unpaired) electrons. The van der Waals surface area contributed by atoms with E-state index in [2.05, 4.69) is 5.32 Å². The van der Waals surface area contributed by atoms with Gasteiger partial charge < -0.3 is 5.32 Å². The summed E-state index contributed by atoms with van der Waals surface area (Å²) in [6.07, 6.45) is 8.75. The van der Waals surface area contributed by atoms with Crippen molar-refractivity contribution in [1.82, 2.24) is 5.32 Å². The van der Waals surface area contributed by atoms with Crippen molar-refractivity contribution in [2.24, 2.45) is 11.8 Å². The van der Waals surface area contributed by atoms with E-state index < -0.39 is 0 Å². The van der Waals surface area contributed by atoms with Crippen LogP contribution in [0, 0.1) is 11.8 Å². The van der Waals surface area contributed by atoms with E-state index in [4.69, 9.17) is 0 Å². The quantitative estimate of drug-likeness (QED) is 0.850. The summed E-state index contributed by atoms with van der Waals surface area (Å²) < 4.78 is 0. The zero-order valence-electron chi connectivity index (χ0n) is 12.3. The SMILES string of the molecule is CC(=O)C1CCC(NC2CCC(C(C)=O)CC2)CC1. The lowest BCUT2D eigenvalue weighted by Gasteiger charge is -2.34. The molecule has 0 aliphatic heterocycles. The summed E-state index contributed by atoms with van der Waals surface area (Å²) in [5.74, 6) is 1.35. The second kappa shape index (κ2) is 6.65. The van der Waals surface area contributed by atoms with Crippen LogP contribution in [0.5, 0.6) is 0 Å². The fourth-order valence-electron chi connectivity index (χ4n) is 3.67. The predicted octanol–water partition coefficient (Wildman–Crippen LogP) is 2.87. The van der Waals surface area contributed by atoms with Gasteiger partial charge in [-0.25, -0.2) is 0 Å². The minimum Gasteiger partial charge on any atom is -0.311 e. The monoisotopic (exact) mass is 265 g/mol. The van der Waals surface area contributed by atoms with E-state index in [1.807, 2.05) is 0 Å². The molecule has 0 saturated heterocycles. The average molecular weight is 265 g/mol. The first-order valence-corrected chi connectivity index (χ1v) is 7.83. The number of hydrogen-bond acceptors (Lipinski definition) is 3. The van der Waals surface area contributed by atoms with Gasteiger partial charge in [0.15, 0.2) is 0 Å². The van der Waals surface area contributed by atoms with Crippen molar-refractivity contribution in [3.63, 3.8) is 0 Å². The molecular formula is C16H27NO2. The molecule has 2 saturated carbocycles. The molecule has 0 aromatic heterocycles. The van der Waals surface area contributed by atoms with E-state index in [0.717, 1.165) is 51.4 Å². The third kappa shape index (κ3) is 4.13. The van der Waals surface area contributed by atoms with E-state index in [9.17, 15) is 9.59 Å². The molecule has 0 atom stereocenters. The number of ketones is 2. The van der Waals surface area contributed by atoms with Crippen molar-refractivity contribution in [3.8, 4) is 0 Å². The Morgan fingerprint density at radius 1 is 0.684 bits per heavy atom. The van der Waals surface area contributed by atoms with Crippen LogP contribution in [-0.4, -0.2) is 23.7 Å². The first kappa shape index (κ1) is 14.7. The largest absolute Gasteiger partial charge is 0.311 e. The molecule has 2 aliphatic rings. The average Bonchev–Trinajstić information content (AvgIpc) is 2.40. The Balaban J connectivity index is 1.69. The minimum atomic E-state index is 0.312. The van der Waals surface area contributed by atoms with Crippen LogP contribution in [0.3, 0.4) is 0 Å². The standard InChI is InChI=1S/C16H27NO2/c1-11(18)13-3-7-15(8-4-13)17-16-9-5-14(6-10-16)12(2)19/h13-17H,3-10H2,1-2H3. The summed E-state index contributed by atoms with van der Waals surface area (Å²) >= 11 is 0. The number of carbonyl (C=O) groups is 2. The third-order valence-electron chi connectivity index (χ3n) is 5.08. The number of carbonyl (C=O) groups excluding carboxylic acids is 2. The van der Waals surface area contributed by atoms with Crippen LogP contribution in [0.4, 0.5) is 0 Å². The summed E-state index contributed by atoms with van der Waals surface area (Å²) in [6, 6.07) is 1.18. The highest BCUT2D eigenvalue weighted by atomic mass is 16.1. The summed E-state index contributed by atoms with van der Waals surface area (Å²) in [7, 11) is 0.